The Bertz CT molecular complexity index is 600. The summed E-state index contributed by atoms with van der Waals surface area (Å²) in [6.07, 6.45) is 1.43. The monoisotopic (exact) mass is 371 g/mol. The summed E-state index contributed by atoms with van der Waals surface area (Å²) in [6, 6.07) is 7.90. The van der Waals surface area contributed by atoms with Crippen molar-refractivity contribution in [1.82, 2.24) is 14.7 Å². The first-order valence-electron chi connectivity index (χ1n) is 6.76. The Kier molecular flexibility index (Phi) is 5.81. The van der Waals surface area contributed by atoms with Gasteiger partial charge < -0.3 is 10.0 Å². The SMILES string of the molecule is CN(C)CCn1ncc(Cl)c1C(O)Cc1cccc(Br)c1. The van der Waals surface area contributed by atoms with Gasteiger partial charge in [0.1, 0.15) is 6.10 Å². The number of benzene rings is 1. The molecule has 114 valence electrons. The second-order valence-corrected chi connectivity index (χ2v) is 6.58. The van der Waals surface area contributed by atoms with E-state index in [0.29, 0.717) is 23.7 Å². The first-order chi connectivity index (χ1) is 9.97. The molecule has 0 saturated carbocycles. The predicted molar refractivity (Wildman–Crippen MR) is 88.6 cm³/mol. The van der Waals surface area contributed by atoms with Crippen LogP contribution in [0.2, 0.25) is 5.02 Å². The molecule has 0 bridgehead atoms. The number of hydrogen-bond acceptors (Lipinski definition) is 3. The first-order valence-corrected chi connectivity index (χ1v) is 7.93. The van der Waals surface area contributed by atoms with Crippen LogP contribution in [-0.2, 0) is 13.0 Å². The van der Waals surface area contributed by atoms with E-state index in [0.717, 1.165) is 16.6 Å². The van der Waals surface area contributed by atoms with Crippen molar-refractivity contribution in [2.24, 2.45) is 0 Å². The van der Waals surface area contributed by atoms with Crippen LogP contribution in [-0.4, -0.2) is 40.4 Å². The molecule has 0 aliphatic rings. The molecule has 0 fully saturated rings. The highest BCUT2D eigenvalue weighted by Gasteiger charge is 2.18. The summed E-state index contributed by atoms with van der Waals surface area (Å²) in [5, 5.41) is 15.3. The molecule has 0 amide bonds. The molecule has 1 atom stereocenters. The van der Waals surface area contributed by atoms with Gasteiger partial charge in [-0.25, -0.2) is 0 Å². The summed E-state index contributed by atoms with van der Waals surface area (Å²) in [5.74, 6) is 0. The summed E-state index contributed by atoms with van der Waals surface area (Å²) in [4.78, 5) is 2.07. The minimum absolute atomic E-state index is 0.507. The van der Waals surface area contributed by atoms with Gasteiger partial charge in [-0.3, -0.25) is 4.68 Å². The second-order valence-electron chi connectivity index (χ2n) is 5.25. The molecule has 1 aromatic carbocycles. The molecule has 1 N–H and O–H groups in total. The third kappa shape index (κ3) is 4.54. The van der Waals surface area contributed by atoms with E-state index < -0.39 is 6.10 Å². The first kappa shape index (κ1) is 16.5. The highest BCUT2D eigenvalue weighted by Crippen LogP contribution is 2.26. The van der Waals surface area contributed by atoms with Gasteiger partial charge in [0.05, 0.1) is 23.5 Å². The number of rotatable bonds is 6. The molecule has 1 heterocycles. The summed E-state index contributed by atoms with van der Waals surface area (Å²) in [7, 11) is 4.01. The Hall–Kier alpha value is -0.880. The molecule has 0 spiro atoms. The van der Waals surface area contributed by atoms with Crippen LogP contribution in [0.15, 0.2) is 34.9 Å². The maximum absolute atomic E-state index is 10.5. The Labute approximate surface area is 138 Å². The number of aliphatic hydroxyl groups is 1. The lowest BCUT2D eigenvalue weighted by Crippen LogP contribution is -2.21. The van der Waals surface area contributed by atoms with Crippen LogP contribution >= 0.6 is 27.5 Å². The molecule has 0 saturated heterocycles. The average Bonchev–Trinajstić information content (AvgIpc) is 2.77. The van der Waals surface area contributed by atoms with E-state index in [1.807, 2.05) is 38.4 Å². The Morgan fingerprint density at radius 3 is 2.86 bits per heavy atom. The average molecular weight is 373 g/mol. The molecule has 0 aliphatic carbocycles. The number of likely N-dealkylation sites (N-methyl/N-ethyl adjacent to an activating group) is 1. The van der Waals surface area contributed by atoms with Crippen molar-refractivity contribution in [2.45, 2.75) is 19.1 Å². The van der Waals surface area contributed by atoms with Crippen LogP contribution in [0.25, 0.3) is 0 Å². The lowest BCUT2D eigenvalue weighted by Gasteiger charge is -2.16. The van der Waals surface area contributed by atoms with Crippen molar-refractivity contribution >= 4 is 27.5 Å². The fourth-order valence-corrected chi connectivity index (χ4v) is 2.87. The molecular formula is C15H19BrClN3O. The Balaban J connectivity index is 2.14. The third-order valence-corrected chi connectivity index (χ3v) is 4.01. The third-order valence-electron chi connectivity index (χ3n) is 3.23. The van der Waals surface area contributed by atoms with Gasteiger partial charge in [-0.2, -0.15) is 5.10 Å². The zero-order chi connectivity index (χ0) is 15.4. The van der Waals surface area contributed by atoms with E-state index in [1.165, 1.54) is 0 Å². The van der Waals surface area contributed by atoms with Crippen molar-refractivity contribution in [1.29, 1.82) is 0 Å². The molecule has 1 aromatic heterocycles. The van der Waals surface area contributed by atoms with E-state index in [-0.39, 0.29) is 0 Å². The van der Waals surface area contributed by atoms with Gasteiger partial charge in [-0.15, -0.1) is 0 Å². The number of nitrogens with zero attached hydrogens (tertiary/aromatic N) is 3. The van der Waals surface area contributed by atoms with Gasteiger partial charge in [0.25, 0.3) is 0 Å². The topological polar surface area (TPSA) is 41.3 Å². The van der Waals surface area contributed by atoms with Crippen molar-refractivity contribution in [3.8, 4) is 0 Å². The van der Waals surface area contributed by atoms with Crippen molar-refractivity contribution in [3.63, 3.8) is 0 Å². The van der Waals surface area contributed by atoms with Crippen LogP contribution in [0.3, 0.4) is 0 Å². The standard InChI is InChI=1S/C15H19BrClN3O/c1-19(2)6-7-20-15(13(17)10-18-20)14(21)9-11-4-3-5-12(16)8-11/h3-5,8,10,14,21H,6-7,9H2,1-2H3. The fraction of sp³-hybridized carbons (Fsp3) is 0.400. The summed E-state index contributed by atoms with van der Waals surface area (Å²) in [5.41, 5.74) is 1.73. The highest BCUT2D eigenvalue weighted by molar-refractivity contribution is 9.10. The van der Waals surface area contributed by atoms with E-state index in [9.17, 15) is 5.11 Å². The molecule has 0 aliphatic heterocycles. The van der Waals surface area contributed by atoms with Crippen LogP contribution in [0.1, 0.15) is 17.4 Å². The van der Waals surface area contributed by atoms with Crippen LogP contribution in [0.4, 0.5) is 0 Å². The normalized spacial score (nSPS) is 12.9. The van der Waals surface area contributed by atoms with Crippen LogP contribution in [0, 0.1) is 0 Å². The maximum atomic E-state index is 10.5. The number of hydrogen-bond donors (Lipinski definition) is 1. The summed E-state index contributed by atoms with van der Waals surface area (Å²) < 4.78 is 2.78. The molecule has 0 radical (unpaired) electrons. The van der Waals surface area contributed by atoms with Gasteiger partial charge in [-0.05, 0) is 31.8 Å². The number of aromatic nitrogens is 2. The quantitative estimate of drug-likeness (QED) is 0.847. The zero-order valence-corrected chi connectivity index (χ0v) is 14.5. The smallest absolute Gasteiger partial charge is 0.101 e. The summed E-state index contributed by atoms with van der Waals surface area (Å²) in [6.45, 7) is 1.54. The van der Waals surface area contributed by atoms with E-state index in [2.05, 4.69) is 25.9 Å². The van der Waals surface area contributed by atoms with Crippen LogP contribution in [0.5, 0.6) is 0 Å². The highest BCUT2D eigenvalue weighted by atomic mass is 79.9. The van der Waals surface area contributed by atoms with Gasteiger partial charge in [-0.1, -0.05) is 39.7 Å². The van der Waals surface area contributed by atoms with E-state index in [1.54, 1.807) is 10.9 Å². The largest absolute Gasteiger partial charge is 0.386 e. The van der Waals surface area contributed by atoms with Gasteiger partial charge in [0.15, 0.2) is 0 Å². The maximum Gasteiger partial charge on any atom is 0.101 e. The lowest BCUT2D eigenvalue weighted by molar-refractivity contribution is 0.165. The molecule has 4 nitrogen and oxygen atoms in total. The van der Waals surface area contributed by atoms with Gasteiger partial charge in [0, 0.05) is 17.4 Å². The van der Waals surface area contributed by atoms with Gasteiger partial charge in [0.2, 0.25) is 0 Å². The van der Waals surface area contributed by atoms with E-state index >= 15 is 0 Å². The van der Waals surface area contributed by atoms with Gasteiger partial charge >= 0.3 is 0 Å². The molecule has 2 aromatic rings. The molecule has 6 heteroatoms. The van der Waals surface area contributed by atoms with E-state index in [4.69, 9.17) is 11.6 Å². The molecular weight excluding hydrogens is 354 g/mol. The summed E-state index contributed by atoms with van der Waals surface area (Å²) >= 11 is 9.63. The Morgan fingerprint density at radius 2 is 2.19 bits per heavy atom. The molecule has 2 rings (SSSR count). The van der Waals surface area contributed by atoms with Crippen LogP contribution < -0.4 is 0 Å². The van der Waals surface area contributed by atoms with Crippen molar-refractivity contribution in [3.05, 3.63) is 51.2 Å². The minimum atomic E-state index is -0.670. The van der Waals surface area contributed by atoms with Crippen molar-refractivity contribution in [2.75, 3.05) is 20.6 Å². The predicted octanol–water partition coefficient (Wildman–Crippen LogP) is 3.14. The van der Waals surface area contributed by atoms with Crippen molar-refractivity contribution < 1.29 is 5.11 Å². The lowest BCUT2D eigenvalue weighted by atomic mass is 10.1. The minimum Gasteiger partial charge on any atom is -0.386 e. The number of aliphatic hydroxyl groups excluding tert-OH is 1. The second kappa shape index (κ2) is 7.40. The zero-order valence-electron chi connectivity index (χ0n) is 12.1. The fourth-order valence-electron chi connectivity index (χ4n) is 2.16. The molecule has 1 unspecified atom stereocenters. The Morgan fingerprint density at radius 1 is 1.43 bits per heavy atom. The number of halogens is 2. The molecule has 21 heavy (non-hydrogen) atoms.